The van der Waals surface area contributed by atoms with Crippen LogP contribution in [0.15, 0.2) is 52.4 Å². The maximum Gasteiger partial charge on any atom is 0.280 e. The number of hydrogen-bond donors (Lipinski definition) is 0. The van der Waals surface area contributed by atoms with Gasteiger partial charge >= 0.3 is 0 Å². The zero-order valence-corrected chi connectivity index (χ0v) is 15.4. The average molecular weight is 358 g/mol. The van der Waals surface area contributed by atoms with E-state index in [-0.39, 0.29) is 5.91 Å². The number of thioether (sulfide) groups is 1. The van der Waals surface area contributed by atoms with E-state index < -0.39 is 0 Å². The Morgan fingerprint density at radius 2 is 2.04 bits per heavy atom. The van der Waals surface area contributed by atoms with Crippen molar-refractivity contribution in [2.45, 2.75) is 11.8 Å². The normalized spacial score (nSPS) is 11.9. The van der Waals surface area contributed by atoms with Gasteiger partial charge in [0.15, 0.2) is 4.80 Å². The molecule has 0 aliphatic rings. The molecule has 4 nitrogen and oxygen atoms in total. The summed E-state index contributed by atoms with van der Waals surface area (Å²) in [5.41, 5.74) is 1.60. The van der Waals surface area contributed by atoms with E-state index in [1.54, 1.807) is 11.8 Å². The summed E-state index contributed by atoms with van der Waals surface area (Å²) in [6, 6.07) is 13.5. The minimum Gasteiger partial charge on any atom is -0.492 e. The quantitative estimate of drug-likeness (QED) is 0.660. The van der Waals surface area contributed by atoms with Gasteiger partial charge in [0.25, 0.3) is 5.91 Å². The second kappa shape index (κ2) is 7.23. The smallest absolute Gasteiger partial charge is 0.280 e. The Hall–Kier alpha value is -2.05. The monoisotopic (exact) mass is 358 g/mol. The number of para-hydroxylation sites is 1. The number of nitrogens with zero attached hydrogens (tertiary/aromatic N) is 2. The highest BCUT2D eigenvalue weighted by Gasteiger charge is 2.12. The van der Waals surface area contributed by atoms with Crippen LogP contribution in [0.4, 0.5) is 0 Å². The summed E-state index contributed by atoms with van der Waals surface area (Å²) in [4.78, 5) is 18.6. The molecule has 1 amide bonds. The molecule has 0 N–H and O–H groups in total. The topological polar surface area (TPSA) is 43.6 Å². The summed E-state index contributed by atoms with van der Waals surface area (Å²) in [7, 11) is 1.91. The van der Waals surface area contributed by atoms with Crippen LogP contribution >= 0.6 is 23.1 Å². The fourth-order valence-corrected chi connectivity index (χ4v) is 4.14. The van der Waals surface area contributed by atoms with E-state index in [1.165, 1.54) is 11.3 Å². The molecule has 0 spiro atoms. The number of thiazole rings is 1. The van der Waals surface area contributed by atoms with Crippen LogP contribution in [0, 0.1) is 0 Å². The van der Waals surface area contributed by atoms with Crippen molar-refractivity contribution in [1.29, 1.82) is 0 Å². The van der Waals surface area contributed by atoms with E-state index in [4.69, 9.17) is 4.74 Å². The van der Waals surface area contributed by atoms with E-state index >= 15 is 0 Å². The van der Waals surface area contributed by atoms with Crippen molar-refractivity contribution < 1.29 is 9.53 Å². The fourth-order valence-electron chi connectivity index (χ4n) is 2.52. The molecule has 3 aromatic rings. The Kier molecular flexibility index (Phi) is 5.06. The lowest BCUT2D eigenvalue weighted by atomic mass is 10.2. The molecule has 24 heavy (non-hydrogen) atoms. The Morgan fingerprint density at radius 3 is 2.79 bits per heavy atom. The first-order chi connectivity index (χ1) is 11.7. The van der Waals surface area contributed by atoms with Crippen LogP contribution in [0.1, 0.15) is 17.3 Å². The lowest BCUT2D eigenvalue weighted by molar-refractivity contribution is 0.0995. The number of rotatable bonds is 4. The third-order valence-corrected chi connectivity index (χ3v) is 5.51. The molecule has 0 unspecified atom stereocenters. The highest BCUT2D eigenvalue weighted by molar-refractivity contribution is 7.98. The van der Waals surface area contributed by atoms with Crippen molar-refractivity contribution in [3.63, 3.8) is 0 Å². The summed E-state index contributed by atoms with van der Waals surface area (Å²) in [5.74, 6) is 0.590. The largest absolute Gasteiger partial charge is 0.492 e. The molecule has 2 aromatic carbocycles. The SMILES string of the molecule is CCOc1cccc2sc(=NC(=O)c3ccccc3SC)n(C)c12. The molecular weight excluding hydrogens is 340 g/mol. The maximum absolute atomic E-state index is 12.6. The van der Waals surface area contributed by atoms with Gasteiger partial charge in [0.1, 0.15) is 11.3 Å². The first-order valence-electron chi connectivity index (χ1n) is 7.59. The molecule has 0 aliphatic heterocycles. The van der Waals surface area contributed by atoms with Crippen molar-refractivity contribution in [3.05, 3.63) is 52.8 Å². The Bertz CT molecular complexity index is 957. The Morgan fingerprint density at radius 1 is 1.25 bits per heavy atom. The number of aromatic nitrogens is 1. The van der Waals surface area contributed by atoms with E-state index in [0.717, 1.165) is 20.9 Å². The molecule has 6 heteroatoms. The van der Waals surface area contributed by atoms with Crippen LogP contribution in [-0.4, -0.2) is 23.3 Å². The number of hydrogen-bond acceptors (Lipinski definition) is 4. The predicted octanol–water partition coefficient (Wildman–Crippen LogP) is 4.10. The minimum atomic E-state index is -0.222. The standard InChI is InChI=1S/C18H18N2O2S2/c1-4-22-13-9-7-11-15-16(13)20(2)18(24-15)19-17(21)12-8-5-6-10-14(12)23-3/h5-11H,4H2,1-3H3. The first kappa shape index (κ1) is 16.8. The third kappa shape index (κ3) is 3.12. The van der Waals surface area contributed by atoms with E-state index in [0.29, 0.717) is 17.0 Å². The molecule has 0 saturated heterocycles. The highest BCUT2D eigenvalue weighted by Crippen LogP contribution is 2.27. The molecule has 0 fully saturated rings. The third-order valence-electron chi connectivity index (χ3n) is 3.62. The number of amides is 1. The molecule has 124 valence electrons. The molecule has 1 aromatic heterocycles. The van der Waals surface area contributed by atoms with Gasteiger partial charge in [-0.1, -0.05) is 29.5 Å². The predicted molar refractivity (Wildman–Crippen MR) is 100 cm³/mol. The fraction of sp³-hybridized carbons (Fsp3) is 0.222. The molecule has 1 heterocycles. The number of carbonyl (C=O) groups excluding carboxylic acids is 1. The molecule has 3 rings (SSSR count). The van der Waals surface area contributed by atoms with E-state index in [2.05, 4.69) is 4.99 Å². The summed E-state index contributed by atoms with van der Waals surface area (Å²) in [6.07, 6.45) is 1.96. The number of ether oxygens (including phenoxy) is 1. The summed E-state index contributed by atoms with van der Waals surface area (Å²) < 4.78 is 8.67. The van der Waals surface area contributed by atoms with Crippen molar-refractivity contribution in [2.24, 2.45) is 12.0 Å². The van der Waals surface area contributed by atoms with Crippen LogP contribution in [0.2, 0.25) is 0 Å². The maximum atomic E-state index is 12.6. The molecule has 0 atom stereocenters. The van der Waals surface area contributed by atoms with Crippen LogP contribution in [-0.2, 0) is 7.05 Å². The zero-order valence-electron chi connectivity index (χ0n) is 13.8. The van der Waals surface area contributed by atoms with E-state index in [9.17, 15) is 4.79 Å². The summed E-state index contributed by atoms with van der Waals surface area (Å²) in [6.45, 7) is 2.56. The van der Waals surface area contributed by atoms with Crippen LogP contribution in [0.25, 0.3) is 10.2 Å². The van der Waals surface area contributed by atoms with Gasteiger partial charge in [-0.25, -0.2) is 0 Å². The minimum absolute atomic E-state index is 0.222. The van der Waals surface area contributed by atoms with Gasteiger partial charge in [-0.15, -0.1) is 11.8 Å². The van der Waals surface area contributed by atoms with Crippen molar-refractivity contribution in [2.75, 3.05) is 12.9 Å². The second-order valence-corrected chi connectivity index (χ2v) is 6.95. The van der Waals surface area contributed by atoms with Crippen LogP contribution in [0.3, 0.4) is 0 Å². The lowest BCUT2D eigenvalue weighted by Crippen LogP contribution is -2.14. The van der Waals surface area contributed by atoms with Gasteiger partial charge in [0, 0.05) is 11.9 Å². The number of aryl methyl sites for hydroxylation is 1. The molecule has 0 saturated carbocycles. The van der Waals surface area contributed by atoms with E-state index in [1.807, 2.05) is 67.3 Å². The Labute approximate surface area is 148 Å². The van der Waals surface area contributed by atoms with Crippen LogP contribution < -0.4 is 9.54 Å². The van der Waals surface area contributed by atoms with Crippen molar-refractivity contribution in [3.8, 4) is 5.75 Å². The number of fused-ring (bicyclic) bond motifs is 1. The summed E-state index contributed by atoms with van der Waals surface area (Å²) >= 11 is 3.04. The van der Waals surface area contributed by atoms with Gasteiger partial charge < -0.3 is 9.30 Å². The average Bonchev–Trinajstić information content (AvgIpc) is 2.92. The molecule has 0 aliphatic carbocycles. The van der Waals surface area contributed by atoms with Crippen LogP contribution in [0.5, 0.6) is 5.75 Å². The summed E-state index contributed by atoms with van der Waals surface area (Å²) in [5, 5.41) is 0. The van der Waals surface area contributed by atoms with Crippen molar-refractivity contribution in [1.82, 2.24) is 4.57 Å². The molecule has 0 bridgehead atoms. The highest BCUT2D eigenvalue weighted by atomic mass is 32.2. The van der Waals surface area contributed by atoms with Gasteiger partial charge in [-0.05, 0) is 37.4 Å². The number of benzene rings is 2. The van der Waals surface area contributed by atoms with Gasteiger partial charge in [0.2, 0.25) is 0 Å². The van der Waals surface area contributed by atoms with Gasteiger partial charge in [0.05, 0.1) is 16.9 Å². The molecular formula is C18H18N2O2S2. The van der Waals surface area contributed by atoms with Gasteiger partial charge in [-0.2, -0.15) is 4.99 Å². The zero-order chi connectivity index (χ0) is 17.1. The lowest BCUT2D eigenvalue weighted by Gasteiger charge is -2.05. The number of carbonyl (C=O) groups is 1. The molecule has 0 radical (unpaired) electrons. The Balaban J connectivity index is 2.12. The first-order valence-corrected chi connectivity index (χ1v) is 9.63. The second-order valence-electron chi connectivity index (χ2n) is 5.10. The van der Waals surface area contributed by atoms with Gasteiger partial charge in [-0.3, -0.25) is 4.79 Å². The van der Waals surface area contributed by atoms with Crippen molar-refractivity contribution >= 4 is 39.2 Å².